The summed E-state index contributed by atoms with van der Waals surface area (Å²) in [4.78, 5) is 7.52. The zero-order valence-corrected chi connectivity index (χ0v) is 19.9. The van der Waals surface area contributed by atoms with Gasteiger partial charge in [0.2, 0.25) is 0 Å². The van der Waals surface area contributed by atoms with Gasteiger partial charge in [0.25, 0.3) is 0 Å². The minimum Gasteiger partial charge on any atom is -0.381 e. The van der Waals surface area contributed by atoms with Gasteiger partial charge < -0.3 is 20.3 Å². The quantitative estimate of drug-likeness (QED) is 0.361. The first-order valence-electron chi connectivity index (χ1n) is 11.7. The Labute approximate surface area is 200 Å². The summed E-state index contributed by atoms with van der Waals surface area (Å²) < 4.78 is 5.49. The van der Waals surface area contributed by atoms with Gasteiger partial charge in [-0.15, -0.1) is 0 Å². The van der Waals surface area contributed by atoms with Crippen molar-refractivity contribution in [2.24, 2.45) is 10.8 Å². The predicted molar refractivity (Wildman–Crippen MR) is 136 cm³/mol. The standard InChI is InChI=1S/C23H34N8OS/c1-25-31(16-19-15-30(24)10-13-33-19)23-22-21(26-6-7-27-22)14-20(28-23)17-2-4-18(5-3-17)29-8-11-32-12-9-29/h2-7,14,19,21-22,25-27H,8-13,15-16,24H2,1H3. The van der Waals surface area contributed by atoms with E-state index >= 15 is 0 Å². The van der Waals surface area contributed by atoms with Crippen molar-refractivity contribution in [3.63, 3.8) is 0 Å². The summed E-state index contributed by atoms with van der Waals surface area (Å²) in [5.74, 6) is 8.14. The number of amidine groups is 1. The van der Waals surface area contributed by atoms with Crippen LogP contribution >= 0.6 is 11.8 Å². The number of hydrogen-bond acceptors (Lipinski definition) is 10. The summed E-state index contributed by atoms with van der Waals surface area (Å²) in [7, 11) is 1.96. The molecule has 0 spiro atoms. The van der Waals surface area contributed by atoms with Crippen LogP contribution in [0.2, 0.25) is 0 Å². The Balaban J connectivity index is 1.38. The fourth-order valence-corrected chi connectivity index (χ4v) is 5.92. The van der Waals surface area contributed by atoms with Crippen LogP contribution in [0.15, 0.2) is 47.7 Å². The van der Waals surface area contributed by atoms with E-state index in [1.807, 2.05) is 36.2 Å². The van der Waals surface area contributed by atoms with Gasteiger partial charge in [0.15, 0.2) is 0 Å². The lowest BCUT2D eigenvalue weighted by atomic mass is 9.98. The molecule has 178 valence electrons. The third kappa shape index (κ3) is 5.15. The molecule has 3 atom stereocenters. The number of hydrogen-bond donors (Lipinski definition) is 4. The Morgan fingerprint density at radius 3 is 2.73 bits per heavy atom. The Kier molecular flexibility index (Phi) is 7.07. The van der Waals surface area contributed by atoms with E-state index in [-0.39, 0.29) is 12.1 Å². The zero-order chi connectivity index (χ0) is 22.6. The van der Waals surface area contributed by atoms with Crippen LogP contribution < -0.4 is 26.8 Å². The summed E-state index contributed by atoms with van der Waals surface area (Å²) in [6, 6.07) is 8.92. The second-order valence-electron chi connectivity index (χ2n) is 8.66. The molecule has 2 fully saturated rings. The van der Waals surface area contributed by atoms with Gasteiger partial charge >= 0.3 is 0 Å². The summed E-state index contributed by atoms with van der Waals surface area (Å²) in [6.45, 7) is 6.11. The van der Waals surface area contributed by atoms with E-state index in [0.29, 0.717) is 5.25 Å². The molecule has 4 aliphatic rings. The fourth-order valence-electron chi connectivity index (χ4n) is 4.70. The molecule has 0 bridgehead atoms. The third-order valence-electron chi connectivity index (χ3n) is 6.50. The van der Waals surface area contributed by atoms with Crippen LogP contribution in [0.25, 0.3) is 5.70 Å². The summed E-state index contributed by atoms with van der Waals surface area (Å²) in [6.07, 6.45) is 6.14. The van der Waals surface area contributed by atoms with E-state index in [1.54, 1.807) is 0 Å². The number of morpholine rings is 1. The van der Waals surface area contributed by atoms with Gasteiger partial charge in [0.05, 0.1) is 25.0 Å². The van der Waals surface area contributed by atoms with Gasteiger partial charge in [0.1, 0.15) is 11.9 Å². The normalized spacial score (nSPS) is 27.7. The van der Waals surface area contributed by atoms with Crippen molar-refractivity contribution in [2.75, 3.05) is 63.6 Å². The molecular formula is C23H34N8OS. The Bertz CT molecular complexity index is 898. The van der Waals surface area contributed by atoms with Crippen LogP contribution in [0, 0.1) is 0 Å². The number of nitrogens with zero attached hydrogens (tertiary/aromatic N) is 4. The smallest absolute Gasteiger partial charge is 0.144 e. The highest BCUT2D eigenvalue weighted by atomic mass is 32.2. The highest BCUT2D eigenvalue weighted by molar-refractivity contribution is 8.00. The SMILES string of the molecule is CNN(CC1CN(N)CCS1)C1=NC(c2ccc(N3CCOCC3)cc2)=CC2NC=CNC12. The second-order valence-corrected chi connectivity index (χ2v) is 10.1. The minimum absolute atomic E-state index is 0.0568. The average Bonchev–Trinajstić information content (AvgIpc) is 2.87. The third-order valence-corrected chi connectivity index (χ3v) is 7.69. The van der Waals surface area contributed by atoms with E-state index < -0.39 is 0 Å². The molecule has 0 saturated carbocycles. The molecule has 3 unspecified atom stereocenters. The maximum atomic E-state index is 6.09. The molecule has 1 aromatic carbocycles. The molecule has 33 heavy (non-hydrogen) atoms. The lowest BCUT2D eigenvalue weighted by Crippen LogP contribution is -2.61. The number of aliphatic imine (C=N–C) groups is 1. The molecule has 0 aliphatic carbocycles. The van der Waals surface area contributed by atoms with Crippen LogP contribution in [0.5, 0.6) is 0 Å². The highest BCUT2D eigenvalue weighted by Gasteiger charge is 2.34. The summed E-state index contributed by atoms with van der Waals surface area (Å²) in [5, 5.41) is 11.5. The van der Waals surface area contributed by atoms with E-state index in [0.717, 1.165) is 68.8 Å². The molecule has 4 heterocycles. The number of nitrogens with two attached hydrogens (primary N) is 1. The van der Waals surface area contributed by atoms with Crippen molar-refractivity contribution in [2.45, 2.75) is 17.3 Å². The van der Waals surface area contributed by atoms with Crippen LogP contribution in [-0.4, -0.2) is 91.9 Å². The van der Waals surface area contributed by atoms with Crippen LogP contribution in [0.3, 0.4) is 0 Å². The van der Waals surface area contributed by atoms with Crippen molar-refractivity contribution in [1.82, 2.24) is 26.1 Å². The molecular weight excluding hydrogens is 436 g/mol. The highest BCUT2D eigenvalue weighted by Crippen LogP contribution is 2.27. The Morgan fingerprint density at radius 1 is 1.18 bits per heavy atom. The monoisotopic (exact) mass is 470 g/mol. The first kappa shape index (κ1) is 22.5. The molecule has 5 rings (SSSR count). The maximum absolute atomic E-state index is 6.09. The topological polar surface area (TPSA) is 93.4 Å². The number of thioether (sulfide) groups is 1. The van der Waals surface area contributed by atoms with Crippen LogP contribution in [0.1, 0.15) is 5.56 Å². The molecule has 0 radical (unpaired) electrons. The lowest BCUT2D eigenvalue weighted by Gasteiger charge is -2.40. The maximum Gasteiger partial charge on any atom is 0.144 e. The minimum atomic E-state index is 0.0568. The summed E-state index contributed by atoms with van der Waals surface area (Å²) in [5.41, 5.74) is 6.73. The number of anilines is 1. The van der Waals surface area contributed by atoms with E-state index in [9.17, 15) is 0 Å². The number of benzene rings is 1. The van der Waals surface area contributed by atoms with Crippen LogP contribution in [0.4, 0.5) is 5.69 Å². The number of rotatable bonds is 5. The Morgan fingerprint density at radius 2 is 1.97 bits per heavy atom. The van der Waals surface area contributed by atoms with Crippen molar-refractivity contribution in [1.29, 1.82) is 0 Å². The van der Waals surface area contributed by atoms with Gasteiger partial charge in [0, 0.05) is 74.4 Å². The van der Waals surface area contributed by atoms with Crippen molar-refractivity contribution in [3.8, 4) is 0 Å². The van der Waals surface area contributed by atoms with Crippen molar-refractivity contribution >= 4 is 29.0 Å². The van der Waals surface area contributed by atoms with Gasteiger partial charge in [-0.1, -0.05) is 12.1 Å². The van der Waals surface area contributed by atoms with E-state index in [1.165, 1.54) is 5.69 Å². The van der Waals surface area contributed by atoms with E-state index in [4.69, 9.17) is 15.6 Å². The second kappa shape index (κ2) is 10.4. The molecule has 5 N–H and O–H groups in total. The van der Waals surface area contributed by atoms with Crippen molar-refractivity contribution < 1.29 is 4.74 Å². The van der Waals surface area contributed by atoms with Gasteiger partial charge in [-0.25, -0.2) is 15.4 Å². The Hall–Kier alpha value is -2.24. The molecule has 4 aliphatic heterocycles. The fraction of sp³-hybridized carbons (Fsp3) is 0.522. The molecule has 0 amide bonds. The molecule has 1 aromatic rings. The lowest BCUT2D eigenvalue weighted by molar-refractivity contribution is 0.122. The van der Waals surface area contributed by atoms with Crippen LogP contribution in [-0.2, 0) is 4.74 Å². The van der Waals surface area contributed by atoms with E-state index in [2.05, 4.69) is 56.3 Å². The molecule has 2 saturated heterocycles. The number of ether oxygens (including phenoxy) is 1. The average molecular weight is 471 g/mol. The number of hydrazine groups is 2. The summed E-state index contributed by atoms with van der Waals surface area (Å²) >= 11 is 1.98. The first-order valence-corrected chi connectivity index (χ1v) is 12.7. The molecule has 9 nitrogen and oxygen atoms in total. The number of fused-ring (bicyclic) bond motifs is 1. The molecule has 10 heteroatoms. The zero-order valence-electron chi connectivity index (χ0n) is 19.1. The first-order chi connectivity index (χ1) is 16.2. The van der Waals surface area contributed by atoms with Gasteiger partial charge in [-0.3, -0.25) is 10.9 Å². The van der Waals surface area contributed by atoms with Gasteiger partial charge in [-0.05, 0) is 18.2 Å². The van der Waals surface area contributed by atoms with Gasteiger partial charge in [-0.2, -0.15) is 11.8 Å². The number of nitrogens with one attached hydrogen (secondary N) is 3. The largest absolute Gasteiger partial charge is 0.381 e. The van der Waals surface area contributed by atoms with Crippen molar-refractivity contribution in [3.05, 3.63) is 48.3 Å². The predicted octanol–water partition coefficient (Wildman–Crippen LogP) is 0.405. The molecule has 0 aromatic heterocycles.